The van der Waals surface area contributed by atoms with Crippen molar-refractivity contribution in [2.24, 2.45) is 29.4 Å². The summed E-state index contributed by atoms with van der Waals surface area (Å²) in [4.78, 5) is 76.7. The van der Waals surface area contributed by atoms with E-state index in [0.717, 1.165) is 0 Å². The highest BCUT2D eigenvalue weighted by atomic mass is 16.4. The van der Waals surface area contributed by atoms with E-state index in [2.05, 4.69) is 26.6 Å². The average molecular weight is 701 g/mol. The van der Waals surface area contributed by atoms with E-state index < -0.39 is 102 Å². The van der Waals surface area contributed by atoms with Gasteiger partial charge in [0, 0.05) is 6.04 Å². The standard InChI is InChI=1S/C34H64N6O9/c1-12-34(11,33(48)49)40-32(47)29(20(8)9)39-31(46)28(19(6)7)38-27(44)16-25(42)23(14-18(4)5)37-30(45)21(10)36-26(43)15-24(41)22(35)13-17(2)3/h17-25,28-29,41-42H,12-16,35H2,1-11H3,(H,36,43)(H,37,45)(H,38,44)(H,39,46)(H,40,47)(H,48,49)/t21-,22+,23+,24+,25+,28-,29-,34-/m0/s1. The first-order chi connectivity index (χ1) is 22.4. The summed E-state index contributed by atoms with van der Waals surface area (Å²) in [6, 6.07) is -4.66. The number of aliphatic hydroxyl groups is 2. The van der Waals surface area contributed by atoms with Crippen molar-refractivity contribution in [2.75, 3.05) is 0 Å². The molecule has 15 nitrogen and oxygen atoms in total. The number of carboxylic acids is 1. The Labute approximate surface area is 291 Å². The summed E-state index contributed by atoms with van der Waals surface area (Å²) in [6.07, 6.45) is -2.23. The number of hydrogen-bond acceptors (Lipinski definition) is 9. The van der Waals surface area contributed by atoms with Gasteiger partial charge in [0.1, 0.15) is 23.7 Å². The fourth-order valence-corrected chi connectivity index (χ4v) is 5.06. The quantitative estimate of drug-likeness (QED) is 0.0759. The van der Waals surface area contributed by atoms with Crippen LogP contribution in [-0.4, -0.2) is 98.8 Å². The van der Waals surface area contributed by atoms with E-state index >= 15 is 0 Å². The second kappa shape index (κ2) is 21.0. The average Bonchev–Trinajstić information content (AvgIpc) is 2.96. The van der Waals surface area contributed by atoms with Gasteiger partial charge in [-0.25, -0.2) is 4.79 Å². The lowest BCUT2D eigenvalue weighted by Gasteiger charge is -2.31. The number of amides is 5. The number of aliphatic carboxylic acids is 1. The third kappa shape index (κ3) is 16.3. The van der Waals surface area contributed by atoms with Crippen LogP contribution in [0.3, 0.4) is 0 Å². The number of hydrogen-bond donors (Lipinski definition) is 9. The van der Waals surface area contributed by atoms with Gasteiger partial charge in [-0.1, -0.05) is 62.3 Å². The molecular formula is C34H64N6O9. The highest BCUT2D eigenvalue weighted by Gasteiger charge is 2.38. The van der Waals surface area contributed by atoms with E-state index in [0.29, 0.717) is 12.8 Å². The molecule has 284 valence electrons. The summed E-state index contributed by atoms with van der Waals surface area (Å²) in [5.41, 5.74) is 4.42. The van der Waals surface area contributed by atoms with Crippen LogP contribution in [-0.2, 0) is 28.8 Å². The normalized spacial score (nSPS) is 17.3. The van der Waals surface area contributed by atoms with Crippen LogP contribution in [0.15, 0.2) is 0 Å². The molecule has 0 aromatic carbocycles. The zero-order valence-corrected chi connectivity index (χ0v) is 31.3. The van der Waals surface area contributed by atoms with Crippen molar-refractivity contribution >= 4 is 35.5 Å². The summed E-state index contributed by atoms with van der Waals surface area (Å²) in [7, 11) is 0. The lowest BCUT2D eigenvalue weighted by atomic mass is 9.95. The van der Waals surface area contributed by atoms with Gasteiger partial charge in [0.2, 0.25) is 29.5 Å². The Morgan fingerprint density at radius 2 is 1.12 bits per heavy atom. The molecule has 49 heavy (non-hydrogen) atoms. The minimum atomic E-state index is -1.54. The van der Waals surface area contributed by atoms with Crippen LogP contribution in [0.5, 0.6) is 0 Å². The molecule has 0 radical (unpaired) electrons. The maximum atomic E-state index is 13.3. The van der Waals surface area contributed by atoms with E-state index in [-0.39, 0.29) is 24.7 Å². The molecule has 0 fully saturated rings. The summed E-state index contributed by atoms with van der Waals surface area (Å²) in [5, 5.41) is 43.8. The second-order valence-electron chi connectivity index (χ2n) is 14.9. The molecule has 0 aliphatic heterocycles. The van der Waals surface area contributed by atoms with Crippen molar-refractivity contribution in [3.8, 4) is 0 Å². The van der Waals surface area contributed by atoms with Crippen molar-refractivity contribution in [1.82, 2.24) is 26.6 Å². The first kappa shape index (κ1) is 45.7. The van der Waals surface area contributed by atoms with Gasteiger partial charge in [-0.2, -0.15) is 0 Å². The Kier molecular flexibility index (Phi) is 19.6. The predicted molar refractivity (Wildman–Crippen MR) is 186 cm³/mol. The van der Waals surface area contributed by atoms with Crippen molar-refractivity contribution in [2.45, 2.75) is 156 Å². The fourth-order valence-electron chi connectivity index (χ4n) is 5.06. The van der Waals surface area contributed by atoms with Gasteiger partial charge in [-0.3, -0.25) is 24.0 Å². The number of carboxylic acid groups (broad SMARTS) is 1. The number of rotatable bonds is 22. The molecule has 0 aromatic rings. The smallest absolute Gasteiger partial charge is 0.329 e. The van der Waals surface area contributed by atoms with Gasteiger partial charge in [0.25, 0.3) is 0 Å². The van der Waals surface area contributed by atoms with Crippen molar-refractivity contribution < 1.29 is 44.1 Å². The zero-order valence-electron chi connectivity index (χ0n) is 31.3. The van der Waals surface area contributed by atoms with E-state index in [1.165, 1.54) is 13.8 Å². The highest BCUT2D eigenvalue weighted by Crippen LogP contribution is 2.15. The fraction of sp³-hybridized carbons (Fsp3) is 0.824. The van der Waals surface area contributed by atoms with E-state index in [9.17, 15) is 44.1 Å². The molecule has 0 aromatic heterocycles. The topological polar surface area (TPSA) is 249 Å². The molecular weight excluding hydrogens is 636 g/mol. The van der Waals surface area contributed by atoms with Crippen molar-refractivity contribution in [3.05, 3.63) is 0 Å². The van der Waals surface area contributed by atoms with Crippen LogP contribution in [0, 0.1) is 23.7 Å². The number of aliphatic hydroxyl groups excluding tert-OH is 2. The molecule has 0 saturated carbocycles. The van der Waals surface area contributed by atoms with Gasteiger partial charge in [0.15, 0.2) is 0 Å². The summed E-state index contributed by atoms with van der Waals surface area (Å²) in [5.74, 6) is -4.99. The highest BCUT2D eigenvalue weighted by molar-refractivity contribution is 5.94. The predicted octanol–water partition coefficient (Wildman–Crippen LogP) is 0.549. The van der Waals surface area contributed by atoms with E-state index in [1.807, 2.05) is 27.7 Å². The molecule has 0 spiro atoms. The Hall–Kier alpha value is -3.30. The monoisotopic (exact) mass is 700 g/mol. The Bertz CT molecular complexity index is 1120. The largest absolute Gasteiger partial charge is 0.480 e. The summed E-state index contributed by atoms with van der Waals surface area (Å²) >= 11 is 0. The molecule has 0 saturated heterocycles. The van der Waals surface area contributed by atoms with Crippen molar-refractivity contribution in [1.29, 1.82) is 0 Å². The lowest BCUT2D eigenvalue weighted by molar-refractivity contribution is -0.147. The van der Waals surface area contributed by atoms with E-state index in [4.69, 9.17) is 5.73 Å². The maximum absolute atomic E-state index is 13.3. The van der Waals surface area contributed by atoms with Crippen LogP contribution >= 0.6 is 0 Å². The zero-order chi connectivity index (χ0) is 38.4. The van der Waals surface area contributed by atoms with Gasteiger partial charge < -0.3 is 47.6 Å². The summed E-state index contributed by atoms with van der Waals surface area (Å²) in [6.45, 7) is 18.9. The maximum Gasteiger partial charge on any atom is 0.329 e. The first-order valence-corrected chi connectivity index (χ1v) is 17.3. The van der Waals surface area contributed by atoms with Gasteiger partial charge in [-0.15, -0.1) is 0 Å². The van der Waals surface area contributed by atoms with Crippen LogP contribution in [0.1, 0.15) is 108 Å². The second-order valence-corrected chi connectivity index (χ2v) is 14.9. The molecule has 8 atom stereocenters. The van der Waals surface area contributed by atoms with Gasteiger partial charge in [0.05, 0.1) is 31.1 Å². The van der Waals surface area contributed by atoms with Crippen LogP contribution in [0.25, 0.3) is 0 Å². The minimum Gasteiger partial charge on any atom is -0.480 e. The molecule has 0 bridgehead atoms. The van der Waals surface area contributed by atoms with Crippen LogP contribution in [0.2, 0.25) is 0 Å². The summed E-state index contributed by atoms with van der Waals surface area (Å²) < 4.78 is 0. The van der Waals surface area contributed by atoms with Crippen LogP contribution < -0.4 is 32.3 Å². The Balaban J connectivity index is 5.55. The number of nitrogens with one attached hydrogen (secondary N) is 5. The first-order valence-electron chi connectivity index (χ1n) is 17.3. The molecule has 0 aliphatic carbocycles. The van der Waals surface area contributed by atoms with Crippen molar-refractivity contribution in [3.63, 3.8) is 0 Å². The SMILES string of the molecule is CC[C@](C)(NC(=O)[C@@H](NC(=O)[C@@H](NC(=O)C[C@@H](O)[C@@H](CC(C)C)NC(=O)[C@H](C)NC(=O)C[C@@H](O)[C@H](N)CC(C)C)C(C)C)C(C)C)C(=O)O. The van der Waals surface area contributed by atoms with Gasteiger partial charge >= 0.3 is 5.97 Å². The number of carbonyl (C=O) groups is 6. The third-order valence-electron chi connectivity index (χ3n) is 8.41. The molecule has 5 amide bonds. The molecule has 0 unspecified atom stereocenters. The molecule has 10 N–H and O–H groups in total. The minimum absolute atomic E-state index is 0.00879. The molecule has 0 heterocycles. The number of carbonyl (C=O) groups excluding carboxylic acids is 5. The Morgan fingerprint density at radius 1 is 0.653 bits per heavy atom. The lowest BCUT2D eigenvalue weighted by Crippen LogP contribution is -2.61. The third-order valence-corrected chi connectivity index (χ3v) is 8.41. The molecule has 0 aliphatic rings. The van der Waals surface area contributed by atoms with E-state index in [1.54, 1.807) is 34.6 Å². The molecule has 0 rings (SSSR count). The Morgan fingerprint density at radius 3 is 1.57 bits per heavy atom. The van der Waals surface area contributed by atoms with Gasteiger partial charge in [-0.05, 0) is 56.8 Å². The number of nitrogens with two attached hydrogens (primary N) is 1. The van der Waals surface area contributed by atoms with Crippen LogP contribution in [0.4, 0.5) is 0 Å². The molecule has 15 heteroatoms.